The van der Waals surface area contributed by atoms with E-state index in [2.05, 4.69) is 69.8 Å². The third-order valence-electron chi connectivity index (χ3n) is 7.20. The van der Waals surface area contributed by atoms with E-state index in [4.69, 9.17) is 9.47 Å². The first-order valence-electron chi connectivity index (χ1n) is 12.8. The summed E-state index contributed by atoms with van der Waals surface area (Å²) in [7, 11) is 1.86. The van der Waals surface area contributed by atoms with Gasteiger partial charge in [-0.2, -0.15) is 0 Å². The Labute approximate surface area is 214 Å². The topological polar surface area (TPSA) is 46.6 Å². The molecule has 0 bridgehead atoms. The van der Waals surface area contributed by atoms with Gasteiger partial charge >= 0.3 is 0 Å². The molecule has 2 heterocycles. The molecule has 0 saturated carbocycles. The van der Waals surface area contributed by atoms with Crippen molar-refractivity contribution in [3.05, 3.63) is 96.2 Å². The summed E-state index contributed by atoms with van der Waals surface area (Å²) in [6.07, 6.45) is 3.05. The van der Waals surface area contributed by atoms with Crippen LogP contribution in [0.3, 0.4) is 0 Å². The first kappa shape index (κ1) is 24.3. The number of hydrogen-bond donors (Lipinski definition) is 1. The molecule has 5 rings (SSSR count). The summed E-state index contributed by atoms with van der Waals surface area (Å²) in [6, 6.07) is 29.2. The lowest BCUT2D eigenvalue weighted by atomic mass is 9.85. The van der Waals surface area contributed by atoms with Crippen molar-refractivity contribution < 1.29 is 9.47 Å². The van der Waals surface area contributed by atoms with Gasteiger partial charge in [-0.05, 0) is 49.6 Å². The summed E-state index contributed by atoms with van der Waals surface area (Å²) in [5.74, 6) is 0.877. The van der Waals surface area contributed by atoms with Gasteiger partial charge in [0.15, 0.2) is 0 Å². The number of methoxy groups -OCH3 is 1. The Morgan fingerprint density at radius 2 is 1.69 bits per heavy atom. The van der Waals surface area contributed by atoms with E-state index < -0.39 is 0 Å². The number of nitrogens with zero attached hydrogens (tertiary/aromatic N) is 2. The lowest BCUT2D eigenvalue weighted by Crippen LogP contribution is -2.47. The van der Waals surface area contributed by atoms with Crippen molar-refractivity contribution in [3.8, 4) is 5.75 Å². The zero-order valence-electron chi connectivity index (χ0n) is 21.2. The van der Waals surface area contributed by atoms with E-state index in [-0.39, 0.29) is 5.60 Å². The molecule has 0 atom stereocenters. The van der Waals surface area contributed by atoms with Gasteiger partial charge in [0.05, 0.1) is 11.1 Å². The van der Waals surface area contributed by atoms with Crippen molar-refractivity contribution in [3.63, 3.8) is 0 Å². The fourth-order valence-corrected chi connectivity index (χ4v) is 5.13. The highest BCUT2D eigenvalue weighted by atomic mass is 16.5. The van der Waals surface area contributed by atoms with E-state index in [1.54, 1.807) is 0 Å². The molecular weight excluding hydrogens is 446 g/mol. The fraction of sp³-hybridized carbons (Fsp3) is 0.323. The smallest absolute Gasteiger partial charge is 0.121 e. The number of pyridine rings is 1. The number of anilines is 2. The number of fused-ring (bicyclic) bond motifs is 1. The minimum Gasteiger partial charge on any atom is -0.492 e. The zero-order valence-corrected chi connectivity index (χ0v) is 21.2. The first-order chi connectivity index (χ1) is 17.6. The lowest BCUT2D eigenvalue weighted by Gasteiger charge is -2.41. The Bertz CT molecular complexity index is 1280. The number of benzene rings is 3. The molecule has 1 aromatic heterocycles. The Morgan fingerprint density at radius 1 is 0.917 bits per heavy atom. The molecule has 5 nitrogen and oxygen atoms in total. The Morgan fingerprint density at radius 3 is 2.50 bits per heavy atom. The van der Waals surface area contributed by atoms with Crippen molar-refractivity contribution in [2.75, 3.05) is 38.7 Å². The molecule has 0 amide bonds. The number of rotatable bonds is 9. The van der Waals surface area contributed by atoms with Gasteiger partial charge < -0.3 is 14.8 Å². The van der Waals surface area contributed by atoms with Crippen LogP contribution in [0.4, 0.5) is 11.4 Å². The van der Waals surface area contributed by atoms with Crippen LogP contribution in [0.1, 0.15) is 24.1 Å². The zero-order chi connectivity index (χ0) is 24.8. The number of piperidine rings is 1. The average Bonchev–Trinajstić information content (AvgIpc) is 2.90. The van der Waals surface area contributed by atoms with Crippen LogP contribution in [0.5, 0.6) is 5.75 Å². The van der Waals surface area contributed by atoms with Gasteiger partial charge in [0.25, 0.3) is 0 Å². The largest absolute Gasteiger partial charge is 0.492 e. The highest BCUT2D eigenvalue weighted by molar-refractivity contribution is 5.93. The molecule has 1 N–H and O–H groups in total. The number of nitrogens with one attached hydrogen (secondary N) is 1. The van der Waals surface area contributed by atoms with Gasteiger partial charge in [-0.3, -0.25) is 9.88 Å². The van der Waals surface area contributed by atoms with Crippen LogP contribution >= 0.6 is 0 Å². The number of ether oxygens (including phenoxy) is 2. The predicted octanol–water partition coefficient (Wildman–Crippen LogP) is 6.39. The van der Waals surface area contributed by atoms with Crippen LogP contribution in [-0.2, 0) is 11.2 Å². The second-order valence-corrected chi connectivity index (χ2v) is 9.72. The van der Waals surface area contributed by atoms with Crippen LogP contribution in [0.15, 0.2) is 84.9 Å². The quantitative estimate of drug-likeness (QED) is 0.300. The fourth-order valence-electron chi connectivity index (χ4n) is 5.13. The third kappa shape index (κ3) is 5.86. The molecule has 4 aromatic rings. The van der Waals surface area contributed by atoms with Gasteiger partial charge in [0, 0.05) is 61.7 Å². The number of para-hydroxylation sites is 1. The van der Waals surface area contributed by atoms with Crippen molar-refractivity contribution in [2.45, 2.75) is 31.8 Å². The molecule has 186 valence electrons. The molecule has 0 spiro atoms. The van der Waals surface area contributed by atoms with Gasteiger partial charge in [0.1, 0.15) is 12.4 Å². The second kappa shape index (κ2) is 11.1. The molecule has 1 aliphatic heterocycles. The summed E-state index contributed by atoms with van der Waals surface area (Å²) in [6.45, 7) is 5.66. The number of aromatic nitrogens is 1. The van der Waals surface area contributed by atoms with Gasteiger partial charge in [-0.1, -0.05) is 54.6 Å². The second-order valence-electron chi connectivity index (χ2n) is 9.72. The molecule has 0 aliphatic carbocycles. The molecular formula is C31H35N3O2. The maximum atomic E-state index is 6.15. The van der Waals surface area contributed by atoms with Crippen molar-refractivity contribution in [2.24, 2.45) is 0 Å². The molecule has 1 fully saturated rings. The number of aryl methyl sites for hydroxylation is 1. The summed E-state index contributed by atoms with van der Waals surface area (Å²) in [5.41, 5.74) is 5.34. The molecule has 36 heavy (non-hydrogen) atoms. The van der Waals surface area contributed by atoms with E-state index in [0.717, 1.165) is 72.6 Å². The maximum Gasteiger partial charge on any atom is 0.121 e. The highest BCUT2D eigenvalue weighted by Gasteiger charge is 2.34. The maximum absolute atomic E-state index is 6.15. The van der Waals surface area contributed by atoms with Gasteiger partial charge in [0.2, 0.25) is 0 Å². The molecule has 1 aliphatic rings. The summed E-state index contributed by atoms with van der Waals surface area (Å²) in [4.78, 5) is 7.12. The van der Waals surface area contributed by atoms with Gasteiger partial charge in [-0.25, -0.2) is 0 Å². The monoisotopic (exact) mass is 481 g/mol. The van der Waals surface area contributed by atoms with Crippen molar-refractivity contribution in [1.82, 2.24) is 9.88 Å². The van der Waals surface area contributed by atoms with E-state index >= 15 is 0 Å². The van der Waals surface area contributed by atoms with E-state index in [0.29, 0.717) is 6.61 Å². The summed E-state index contributed by atoms with van der Waals surface area (Å²) < 4.78 is 12.2. The van der Waals surface area contributed by atoms with Crippen LogP contribution in [0, 0.1) is 6.92 Å². The average molecular weight is 482 g/mol. The minimum atomic E-state index is -0.0613. The lowest BCUT2D eigenvalue weighted by molar-refractivity contribution is -0.0576. The number of hydrogen-bond acceptors (Lipinski definition) is 5. The van der Waals surface area contributed by atoms with E-state index in [1.165, 1.54) is 5.56 Å². The van der Waals surface area contributed by atoms with Crippen LogP contribution in [-0.4, -0.2) is 48.8 Å². The SMILES string of the molecule is COC1(Cc2ccccc2)CCN(CCOc2cccc(Nc3cc(C)nc4ccccc34)c2)CC1. The van der Waals surface area contributed by atoms with E-state index in [1.807, 2.05) is 44.4 Å². The molecule has 0 unspecified atom stereocenters. The summed E-state index contributed by atoms with van der Waals surface area (Å²) >= 11 is 0. The van der Waals surface area contributed by atoms with Crippen molar-refractivity contribution >= 4 is 22.3 Å². The standard InChI is InChI=1S/C31H35N3O2/c1-24-21-30(28-13-6-7-14-29(28)32-24)33-26-11-8-12-27(22-26)36-20-19-34-17-15-31(35-2,16-18-34)23-25-9-4-3-5-10-25/h3-14,21-22H,15-20,23H2,1-2H3,(H,32,33). The van der Waals surface area contributed by atoms with Gasteiger partial charge in [-0.15, -0.1) is 0 Å². The van der Waals surface area contributed by atoms with E-state index in [9.17, 15) is 0 Å². The molecule has 3 aromatic carbocycles. The Kier molecular flexibility index (Phi) is 7.49. The van der Waals surface area contributed by atoms with Crippen LogP contribution in [0.25, 0.3) is 10.9 Å². The Hall–Kier alpha value is -3.41. The van der Waals surface area contributed by atoms with Crippen LogP contribution < -0.4 is 10.1 Å². The molecule has 0 radical (unpaired) electrons. The predicted molar refractivity (Wildman–Crippen MR) is 147 cm³/mol. The minimum absolute atomic E-state index is 0.0613. The highest BCUT2D eigenvalue weighted by Crippen LogP contribution is 2.30. The summed E-state index contributed by atoms with van der Waals surface area (Å²) in [5, 5.41) is 4.67. The Balaban J connectivity index is 1.14. The van der Waals surface area contributed by atoms with Crippen molar-refractivity contribution in [1.29, 1.82) is 0 Å². The third-order valence-corrected chi connectivity index (χ3v) is 7.20. The molecule has 1 saturated heterocycles. The number of likely N-dealkylation sites (tertiary alicyclic amines) is 1. The normalized spacial score (nSPS) is 15.6. The first-order valence-corrected chi connectivity index (χ1v) is 12.8. The molecule has 5 heteroatoms. The van der Waals surface area contributed by atoms with Crippen LogP contribution in [0.2, 0.25) is 0 Å².